The smallest absolute Gasteiger partial charge is 0.145 e. The predicted molar refractivity (Wildman–Crippen MR) is 113 cm³/mol. The summed E-state index contributed by atoms with van der Waals surface area (Å²) >= 11 is 0. The Morgan fingerprint density at radius 1 is 1.07 bits per heavy atom. The average Bonchev–Trinajstić information content (AvgIpc) is 2.89. The Hall–Kier alpha value is -2.57. The van der Waals surface area contributed by atoms with Gasteiger partial charge in [0.25, 0.3) is 0 Å². The first kappa shape index (κ1) is 18.8. The van der Waals surface area contributed by atoms with Gasteiger partial charge in [0.15, 0.2) is 0 Å². The second kappa shape index (κ2) is 7.45. The fourth-order valence-electron chi connectivity index (χ4n) is 4.45. The van der Waals surface area contributed by atoms with E-state index in [0.29, 0.717) is 17.6 Å². The van der Waals surface area contributed by atoms with Crippen molar-refractivity contribution in [1.82, 2.24) is 4.90 Å². The minimum atomic E-state index is -0.338. The SMILES string of the molecule is CC(C)(C)Oc1c(C#N)cccc1C1=C[C@@H]2CC[C@H](C1)N2Cc1ccccc1. The molecule has 0 spiro atoms. The molecule has 0 N–H and O–H groups in total. The van der Waals surface area contributed by atoms with Crippen LogP contribution in [0, 0.1) is 11.3 Å². The molecule has 2 atom stereocenters. The third-order valence-electron chi connectivity index (χ3n) is 5.64. The molecule has 0 unspecified atom stereocenters. The van der Waals surface area contributed by atoms with Crippen molar-refractivity contribution in [1.29, 1.82) is 5.26 Å². The Labute approximate surface area is 168 Å². The Kier molecular flexibility index (Phi) is 5.00. The zero-order valence-corrected chi connectivity index (χ0v) is 17.0. The lowest BCUT2D eigenvalue weighted by Gasteiger charge is -2.35. The van der Waals surface area contributed by atoms with Crippen LogP contribution in [0.25, 0.3) is 5.57 Å². The summed E-state index contributed by atoms with van der Waals surface area (Å²) in [6, 6.07) is 20.0. The maximum absolute atomic E-state index is 9.60. The lowest BCUT2D eigenvalue weighted by molar-refractivity contribution is 0.130. The van der Waals surface area contributed by atoms with Gasteiger partial charge in [0.1, 0.15) is 17.4 Å². The first-order chi connectivity index (χ1) is 13.4. The van der Waals surface area contributed by atoms with E-state index in [0.717, 1.165) is 24.3 Å². The van der Waals surface area contributed by atoms with E-state index in [-0.39, 0.29) is 5.60 Å². The molecule has 1 saturated heterocycles. The minimum Gasteiger partial charge on any atom is -0.486 e. The van der Waals surface area contributed by atoms with Gasteiger partial charge in [-0.05, 0) is 57.2 Å². The molecule has 2 aromatic rings. The standard InChI is InChI=1S/C25H28N2O/c1-25(2,3)28-24-19(16-26)10-7-11-23(24)20-14-21-12-13-22(15-20)27(21)17-18-8-5-4-6-9-18/h4-11,14,21-22H,12-13,15,17H2,1-3H3/t21-,22+/m0/s1. The summed E-state index contributed by atoms with van der Waals surface area (Å²) in [4.78, 5) is 2.64. The Bertz CT molecular complexity index is 918. The van der Waals surface area contributed by atoms with Crippen molar-refractivity contribution in [2.75, 3.05) is 0 Å². The molecule has 2 bridgehead atoms. The summed E-state index contributed by atoms with van der Waals surface area (Å²) in [6.07, 6.45) is 5.86. The van der Waals surface area contributed by atoms with Gasteiger partial charge in [-0.1, -0.05) is 48.5 Å². The highest BCUT2D eigenvalue weighted by atomic mass is 16.5. The first-order valence-corrected chi connectivity index (χ1v) is 10.2. The van der Waals surface area contributed by atoms with Crippen molar-refractivity contribution in [2.24, 2.45) is 0 Å². The van der Waals surface area contributed by atoms with Crippen LogP contribution in [0.5, 0.6) is 5.75 Å². The number of benzene rings is 2. The molecule has 1 fully saturated rings. The number of hydrogen-bond donors (Lipinski definition) is 0. The van der Waals surface area contributed by atoms with Gasteiger partial charge in [-0.2, -0.15) is 5.26 Å². The van der Waals surface area contributed by atoms with Crippen LogP contribution in [-0.2, 0) is 6.54 Å². The van der Waals surface area contributed by atoms with Crippen LogP contribution in [0.15, 0.2) is 54.6 Å². The molecule has 144 valence electrons. The maximum atomic E-state index is 9.60. The van der Waals surface area contributed by atoms with Gasteiger partial charge >= 0.3 is 0 Å². The van der Waals surface area contributed by atoms with Gasteiger partial charge in [0, 0.05) is 24.2 Å². The fourth-order valence-corrected chi connectivity index (χ4v) is 4.45. The van der Waals surface area contributed by atoms with E-state index in [1.807, 2.05) is 32.9 Å². The van der Waals surface area contributed by atoms with Crippen molar-refractivity contribution in [3.63, 3.8) is 0 Å². The molecule has 0 radical (unpaired) electrons. The summed E-state index contributed by atoms with van der Waals surface area (Å²) in [5.74, 6) is 0.736. The molecule has 2 aromatic carbocycles. The number of rotatable bonds is 4. The summed E-state index contributed by atoms with van der Waals surface area (Å²) in [7, 11) is 0. The summed E-state index contributed by atoms with van der Waals surface area (Å²) < 4.78 is 6.24. The predicted octanol–water partition coefficient (Wildman–Crippen LogP) is 5.56. The zero-order chi connectivity index (χ0) is 19.7. The fraction of sp³-hybridized carbons (Fsp3) is 0.400. The largest absolute Gasteiger partial charge is 0.486 e. The highest BCUT2D eigenvalue weighted by molar-refractivity contribution is 5.75. The van der Waals surface area contributed by atoms with Gasteiger partial charge in [-0.15, -0.1) is 0 Å². The number of fused-ring (bicyclic) bond motifs is 2. The van der Waals surface area contributed by atoms with Crippen LogP contribution in [-0.4, -0.2) is 22.6 Å². The average molecular weight is 373 g/mol. The number of hydrogen-bond acceptors (Lipinski definition) is 3. The molecular weight excluding hydrogens is 344 g/mol. The van der Waals surface area contributed by atoms with Crippen LogP contribution >= 0.6 is 0 Å². The van der Waals surface area contributed by atoms with Gasteiger partial charge in [-0.25, -0.2) is 0 Å². The number of nitrogens with zero attached hydrogens (tertiary/aromatic N) is 2. The lowest BCUT2D eigenvalue weighted by atomic mass is 9.92. The van der Waals surface area contributed by atoms with Gasteiger partial charge in [0.2, 0.25) is 0 Å². The highest BCUT2D eigenvalue weighted by Gasteiger charge is 2.37. The molecule has 2 aliphatic rings. The number of para-hydroxylation sites is 1. The van der Waals surface area contributed by atoms with Crippen molar-refractivity contribution in [2.45, 2.75) is 64.3 Å². The Morgan fingerprint density at radius 2 is 1.86 bits per heavy atom. The van der Waals surface area contributed by atoms with E-state index in [9.17, 15) is 5.26 Å². The van der Waals surface area contributed by atoms with Gasteiger partial charge in [-0.3, -0.25) is 4.90 Å². The molecule has 4 rings (SSSR count). The molecule has 0 aromatic heterocycles. The maximum Gasteiger partial charge on any atom is 0.145 e. The van der Waals surface area contributed by atoms with E-state index in [1.54, 1.807) is 0 Å². The van der Waals surface area contributed by atoms with Crippen molar-refractivity contribution < 1.29 is 4.74 Å². The molecule has 0 aliphatic carbocycles. The monoisotopic (exact) mass is 372 g/mol. The van der Waals surface area contributed by atoms with Crippen LogP contribution in [0.3, 0.4) is 0 Å². The Balaban J connectivity index is 1.65. The lowest BCUT2D eigenvalue weighted by Crippen LogP contribution is -2.37. The van der Waals surface area contributed by atoms with Crippen molar-refractivity contribution in [3.05, 3.63) is 71.3 Å². The first-order valence-electron chi connectivity index (χ1n) is 10.2. The molecular formula is C25H28N2O. The minimum absolute atomic E-state index is 0.338. The molecule has 2 aliphatic heterocycles. The summed E-state index contributed by atoms with van der Waals surface area (Å²) in [6.45, 7) is 7.10. The Morgan fingerprint density at radius 3 is 2.54 bits per heavy atom. The normalized spacial score (nSPS) is 21.9. The van der Waals surface area contributed by atoms with E-state index in [2.05, 4.69) is 53.4 Å². The van der Waals surface area contributed by atoms with Crippen LogP contribution < -0.4 is 4.74 Å². The topological polar surface area (TPSA) is 36.3 Å². The van der Waals surface area contributed by atoms with E-state index >= 15 is 0 Å². The number of ether oxygens (including phenoxy) is 1. The molecule has 28 heavy (non-hydrogen) atoms. The summed E-state index contributed by atoms with van der Waals surface area (Å²) in [5, 5.41) is 9.60. The van der Waals surface area contributed by atoms with Crippen LogP contribution in [0.1, 0.15) is 56.7 Å². The molecule has 0 saturated carbocycles. The quantitative estimate of drug-likeness (QED) is 0.705. The van der Waals surface area contributed by atoms with Crippen LogP contribution in [0.2, 0.25) is 0 Å². The second-order valence-corrected chi connectivity index (χ2v) is 8.86. The molecule has 0 amide bonds. The second-order valence-electron chi connectivity index (χ2n) is 8.86. The van der Waals surface area contributed by atoms with Crippen molar-refractivity contribution >= 4 is 5.57 Å². The summed E-state index contributed by atoms with van der Waals surface area (Å²) in [5.41, 5.74) is 4.07. The van der Waals surface area contributed by atoms with Crippen molar-refractivity contribution in [3.8, 4) is 11.8 Å². The zero-order valence-electron chi connectivity index (χ0n) is 17.0. The van der Waals surface area contributed by atoms with E-state index in [1.165, 1.54) is 24.0 Å². The highest BCUT2D eigenvalue weighted by Crippen LogP contribution is 2.43. The molecule has 3 nitrogen and oxygen atoms in total. The third-order valence-corrected chi connectivity index (χ3v) is 5.64. The van der Waals surface area contributed by atoms with Gasteiger partial charge in [0.05, 0.1) is 5.56 Å². The molecule has 3 heteroatoms. The van der Waals surface area contributed by atoms with E-state index in [4.69, 9.17) is 4.74 Å². The van der Waals surface area contributed by atoms with Gasteiger partial charge < -0.3 is 4.74 Å². The van der Waals surface area contributed by atoms with E-state index < -0.39 is 0 Å². The third kappa shape index (κ3) is 3.84. The number of nitriles is 1. The van der Waals surface area contributed by atoms with Crippen LogP contribution in [0.4, 0.5) is 0 Å². The molecule has 2 heterocycles.